The van der Waals surface area contributed by atoms with Crippen molar-refractivity contribution in [3.8, 4) is 5.75 Å². The maximum atomic E-state index is 13.1. The van der Waals surface area contributed by atoms with Crippen molar-refractivity contribution < 1.29 is 17.9 Å². The summed E-state index contributed by atoms with van der Waals surface area (Å²) in [7, 11) is -3.68. The van der Waals surface area contributed by atoms with Crippen LogP contribution in [0.1, 0.15) is 31.7 Å². The zero-order valence-electron chi connectivity index (χ0n) is 17.6. The number of nitrogens with zero attached hydrogens (tertiary/aromatic N) is 3. The Morgan fingerprint density at radius 2 is 1.80 bits per heavy atom. The molecule has 1 fully saturated rings. The summed E-state index contributed by atoms with van der Waals surface area (Å²) in [6, 6.07) is 6.82. The second-order valence-electron chi connectivity index (χ2n) is 7.88. The Labute approximate surface area is 182 Å². The molecule has 2 heterocycles. The fraction of sp³-hybridized carbons (Fsp3) is 0.500. The third kappa shape index (κ3) is 4.63. The number of rotatable bonds is 5. The number of aromatic amines is 1. The largest absolute Gasteiger partial charge is 0.478 e. The van der Waals surface area contributed by atoms with Gasteiger partial charge in [-0.15, -0.1) is 0 Å². The molecule has 30 heavy (non-hydrogen) atoms. The molecule has 1 aromatic heterocycles. The van der Waals surface area contributed by atoms with Gasteiger partial charge in [0.2, 0.25) is 10.0 Å². The molecule has 8 nitrogen and oxygen atoms in total. The summed E-state index contributed by atoms with van der Waals surface area (Å²) in [5.74, 6) is 0.357. The third-order valence-corrected chi connectivity index (χ3v) is 7.52. The van der Waals surface area contributed by atoms with E-state index in [1.54, 1.807) is 56.9 Å². The van der Waals surface area contributed by atoms with Crippen LogP contribution >= 0.6 is 11.6 Å². The van der Waals surface area contributed by atoms with Gasteiger partial charge in [-0.3, -0.25) is 9.89 Å². The summed E-state index contributed by atoms with van der Waals surface area (Å²) >= 11 is 5.90. The number of hydrogen-bond donors (Lipinski definition) is 1. The van der Waals surface area contributed by atoms with Crippen LogP contribution in [0.3, 0.4) is 0 Å². The number of nitrogens with one attached hydrogen (secondary N) is 1. The maximum absolute atomic E-state index is 13.1. The van der Waals surface area contributed by atoms with Gasteiger partial charge in [-0.05, 0) is 58.4 Å². The molecule has 10 heteroatoms. The number of carbonyl (C=O) groups is 1. The SMILES string of the molecule is Cc1n[nH]c(C)c1S(=O)(=O)N1CCCN(C(=O)C(C)(C)Oc2ccc(Cl)cc2)CC1. The van der Waals surface area contributed by atoms with Crippen LogP contribution < -0.4 is 4.74 Å². The lowest BCUT2D eigenvalue weighted by molar-refractivity contribution is -0.145. The highest BCUT2D eigenvalue weighted by Crippen LogP contribution is 2.25. The Kier molecular flexibility index (Phi) is 6.45. The molecule has 1 amide bonds. The van der Waals surface area contributed by atoms with Crippen LogP contribution in [0.2, 0.25) is 5.02 Å². The summed E-state index contributed by atoms with van der Waals surface area (Å²) in [5.41, 5.74) is -0.135. The van der Waals surface area contributed by atoms with Gasteiger partial charge < -0.3 is 9.64 Å². The van der Waals surface area contributed by atoms with Gasteiger partial charge in [0.1, 0.15) is 10.6 Å². The molecule has 1 aliphatic heterocycles. The van der Waals surface area contributed by atoms with Gasteiger partial charge in [-0.25, -0.2) is 8.42 Å². The predicted molar refractivity (Wildman–Crippen MR) is 114 cm³/mol. The highest BCUT2D eigenvalue weighted by molar-refractivity contribution is 7.89. The highest BCUT2D eigenvalue weighted by atomic mass is 35.5. The molecule has 164 valence electrons. The molecule has 0 spiro atoms. The van der Waals surface area contributed by atoms with E-state index < -0.39 is 15.6 Å². The minimum atomic E-state index is -3.68. The van der Waals surface area contributed by atoms with Crippen LogP contribution in [0.25, 0.3) is 0 Å². The molecule has 1 aliphatic rings. The fourth-order valence-electron chi connectivity index (χ4n) is 3.61. The van der Waals surface area contributed by atoms with Crippen molar-refractivity contribution in [2.24, 2.45) is 0 Å². The molecule has 0 bridgehead atoms. The molecule has 2 aromatic rings. The van der Waals surface area contributed by atoms with E-state index in [2.05, 4.69) is 10.2 Å². The second-order valence-corrected chi connectivity index (χ2v) is 10.2. The molecule has 1 N–H and O–H groups in total. The standard InChI is InChI=1S/C20H27ClN4O4S/c1-14-18(15(2)23-22-14)30(27,28)25-11-5-10-24(12-13-25)19(26)20(3,4)29-17-8-6-16(21)7-9-17/h6-9H,5,10-13H2,1-4H3,(H,22,23). The van der Waals surface area contributed by atoms with Gasteiger partial charge in [0.25, 0.3) is 5.91 Å². The average molecular weight is 455 g/mol. The number of sulfonamides is 1. The lowest BCUT2D eigenvalue weighted by atomic mass is 10.1. The van der Waals surface area contributed by atoms with Gasteiger partial charge >= 0.3 is 0 Å². The number of H-pyrrole nitrogens is 1. The highest BCUT2D eigenvalue weighted by Gasteiger charge is 2.37. The molecule has 3 rings (SSSR count). The summed E-state index contributed by atoms with van der Waals surface area (Å²) in [6.45, 7) is 8.09. The molecule has 1 saturated heterocycles. The Balaban J connectivity index is 1.71. The van der Waals surface area contributed by atoms with Crippen LogP contribution in [0.5, 0.6) is 5.75 Å². The van der Waals surface area contributed by atoms with E-state index in [4.69, 9.17) is 16.3 Å². The molecule has 0 radical (unpaired) electrons. The van der Waals surface area contributed by atoms with Crippen molar-refractivity contribution in [3.63, 3.8) is 0 Å². The van der Waals surface area contributed by atoms with Crippen molar-refractivity contribution in [2.45, 2.75) is 44.6 Å². The lowest BCUT2D eigenvalue weighted by Crippen LogP contribution is -2.50. The van der Waals surface area contributed by atoms with Crippen LogP contribution in [-0.2, 0) is 14.8 Å². The topological polar surface area (TPSA) is 95.6 Å². The fourth-order valence-corrected chi connectivity index (χ4v) is 5.54. The number of carbonyl (C=O) groups excluding carboxylic acids is 1. The van der Waals surface area contributed by atoms with E-state index in [1.807, 2.05) is 0 Å². The Hall–Kier alpha value is -2.10. The van der Waals surface area contributed by atoms with Gasteiger partial charge in [0, 0.05) is 31.2 Å². The lowest BCUT2D eigenvalue weighted by Gasteiger charge is -2.31. The predicted octanol–water partition coefficient (Wildman–Crippen LogP) is 2.76. The summed E-state index contributed by atoms with van der Waals surface area (Å²) < 4.78 is 33.6. The first kappa shape index (κ1) is 22.6. The van der Waals surface area contributed by atoms with E-state index in [1.165, 1.54) is 4.31 Å². The first-order valence-electron chi connectivity index (χ1n) is 9.78. The zero-order chi connectivity index (χ0) is 22.1. The van der Waals surface area contributed by atoms with Crippen molar-refractivity contribution >= 4 is 27.5 Å². The quantitative estimate of drug-likeness (QED) is 0.749. The molecular formula is C20H27ClN4O4S. The zero-order valence-corrected chi connectivity index (χ0v) is 19.2. The smallest absolute Gasteiger partial charge is 0.266 e. The second kappa shape index (κ2) is 8.56. The first-order chi connectivity index (χ1) is 14.0. The summed E-state index contributed by atoms with van der Waals surface area (Å²) in [6.07, 6.45) is 0.540. The number of benzene rings is 1. The maximum Gasteiger partial charge on any atom is 0.266 e. The number of ether oxygens (including phenoxy) is 1. The monoisotopic (exact) mass is 454 g/mol. The van der Waals surface area contributed by atoms with E-state index in [-0.39, 0.29) is 17.3 Å². The molecule has 0 aliphatic carbocycles. The average Bonchev–Trinajstić information content (AvgIpc) is 2.88. The van der Waals surface area contributed by atoms with Gasteiger partial charge in [-0.2, -0.15) is 9.40 Å². The first-order valence-corrected chi connectivity index (χ1v) is 11.6. The summed E-state index contributed by atoms with van der Waals surface area (Å²) in [4.78, 5) is 15.0. The van der Waals surface area contributed by atoms with Gasteiger partial charge in [0.05, 0.1) is 11.4 Å². The molecule has 1 aromatic carbocycles. The van der Waals surface area contributed by atoms with E-state index >= 15 is 0 Å². The van der Waals surface area contributed by atoms with Gasteiger partial charge in [-0.1, -0.05) is 11.6 Å². The van der Waals surface area contributed by atoms with Crippen LogP contribution in [0.4, 0.5) is 0 Å². The minimum absolute atomic E-state index is 0.188. The van der Waals surface area contributed by atoms with Crippen molar-refractivity contribution in [1.82, 2.24) is 19.4 Å². The number of hydrogen-bond acceptors (Lipinski definition) is 5. The Bertz CT molecular complexity index is 998. The normalized spacial score (nSPS) is 16.4. The number of aryl methyl sites for hydroxylation is 2. The number of aromatic nitrogens is 2. The number of halogens is 1. The molecular weight excluding hydrogens is 428 g/mol. The van der Waals surface area contributed by atoms with Crippen molar-refractivity contribution in [2.75, 3.05) is 26.2 Å². The van der Waals surface area contributed by atoms with Crippen LogP contribution in [0.15, 0.2) is 29.2 Å². The summed E-state index contributed by atoms with van der Waals surface area (Å²) in [5, 5.41) is 7.31. The molecule has 0 atom stereocenters. The Morgan fingerprint density at radius 3 is 2.40 bits per heavy atom. The Morgan fingerprint density at radius 1 is 1.13 bits per heavy atom. The number of amides is 1. The van der Waals surface area contributed by atoms with Crippen molar-refractivity contribution in [1.29, 1.82) is 0 Å². The minimum Gasteiger partial charge on any atom is -0.478 e. The third-order valence-electron chi connectivity index (χ3n) is 5.10. The molecule has 0 saturated carbocycles. The van der Waals surface area contributed by atoms with Gasteiger partial charge in [0.15, 0.2) is 5.60 Å². The van der Waals surface area contributed by atoms with E-state index in [0.717, 1.165) is 0 Å². The van der Waals surface area contributed by atoms with Crippen LogP contribution in [0, 0.1) is 13.8 Å². The van der Waals surface area contributed by atoms with Crippen molar-refractivity contribution in [3.05, 3.63) is 40.7 Å². The van der Waals surface area contributed by atoms with Crippen LogP contribution in [-0.4, -0.2) is 65.5 Å². The van der Waals surface area contributed by atoms with E-state index in [9.17, 15) is 13.2 Å². The van der Waals surface area contributed by atoms with E-state index in [0.29, 0.717) is 48.2 Å². The molecule has 0 unspecified atom stereocenters.